The maximum absolute atomic E-state index is 11.7. The van der Waals surface area contributed by atoms with Crippen LogP contribution in [0.4, 0.5) is 10.5 Å². The molecule has 0 radical (unpaired) electrons. The minimum Gasteiger partial charge on any atom is -0.480 e. The standard InChI is InChI=1S/C12H14ClN3O4/c1-6-3-2-4-7(13)10(6)16-12(20)15-8(11(18)19)5-9(14)17/h2-4,8H,5H2,1H3,(H2,14,17)(H,18,19)(H2,15,16,20)/t8-/m1/s1. The average molecular weight is 300 g/mol. The van der Waals surface area contributed by atoms with E-state index in [2.05, 4.69) is 10.6 Å². The number of para-hydroxylation sites is 1. The van der Waals surface area contributed by atoms with Crippen LogP contribution >= 0.6 is 11.6 Å². The van der Waals surface area contributed by atoms with Crippen LogP contribution in [0.2, 0.25) is 5.02 Å². The summed E-state index contributed by atoms with van der Waals surface area (Å²) in [5.74, 6) is -2.18. The number of carbonyl (C=O) groups excluding carboxylic acids is 2. The van der Waals surface area contributed by atoms with E-state index in [0.29, 0.717) is 10.7 Å². The molecule has 0 unspecified atom stereocenters. The van der Waals surface area contributed by atoms with Gasteiger partial charge in [-0.3, -0.25) is 4.79 Å². The summed E-state index contributed by atoms with van der Waals surface area (Å²) in [6, 6.07) is 2.86. The molecule has 1 aromatic carbocycles. The fourth-order valence-electron chi connectivity index (χ4n) is 1.50. The first kappa shape index (κ1) is 15.8. The number of nitrogens with one attached hydrogen (secondary N) is 2. The Bertz CT molecular complexity index is 527. The lowest BCUT2D eigenvalue weighted by Crippen LogP contribution is -2.45. The van der Waals surface area contributed by atoms with Crippen LogP contribution in [0.15, 0.2) is 18.2 Å². The largest absolute Gasteiger partial charge is 0.480 e. The Hall–Kier alpha value is -2.28. The first-order chi connectivity index (χ1) is 9.31. The number of anilines is 1. The molecule has 0 saturated carbocycles. The second-order valence-electron chi connectivity index (χ2n) is 4.09. The van der Waals surface area contributed by atoms with Crippen LogP contribution in [-0.4, -0.2) is 29.1 Å². The van der Waals surface area contributed by atoms with Gasteiger partial charge >= 0.3 is 12.0 Å². The van der Waals surface area contributed by atoms with Gasteiger partial charge in [-0.05, 0) is 18.6 Å². The fourth-order valence-corrected chi connectivity index (χ4v) is 1.77. The zero-order chi connectivity index (χ0) is 15.3. The highest BCUT2D eigenvalue weighted by atomic mass is 35.5. The summed E-state index contributed by atoms with van der Waals surface area (Å²) < 4.78 is 0. The second-order valence-corrected chi connectivity index (χ2v) is 4.50. The molecule has 0 fully saturated rings. The van der Waals surface area contributed by atoms with Crippen molar-refractivity contribution in [3.8, 4) is 0 Å². The highest BCUT2D eigenvalue weighted by Gasteiger charge is 2.22. The molecule has 20 heavy (non-hydrogen) atoms. The number of carboxylic acid groups (broad SMARTS) is 1. The van der Waals surface area contributed by atoms with E-state index in [-0.39, 0.29) is 0 Å². The molecule has 1 atom stereocenters. The van der Waals surface area contributed by atoms with E-state index < -0.39 is 30.4 Å². The van der Waals surface area contributed by atoms with Crippen LogP contribution in [0.25, 0.3) is 0 Å². The summed E-state index contributed by atoms with van der Waals surface area (Å²) in [4.78, 5) is 33.3. The van der Waals surface area contributed by atoms with E-state index in [1.807, 2.05) is 0 Å². The SMILES string of the molecule is Cc1cccc(Cl)c1NC(=O)N[C@H](CC(N)=O)C(=O)O. The second kappa shape index (κ2) is 6.76. The monoisotopic (exact) mass is 299 g/mol. The number of aliphatic carboxylic acids is 1. The van der Waals surface area contributed by atoms with E-state index in [1.165, 1.54) is 0 Å². The van der Waals surface area contributed by atoms with Crippen molar-refractivity contribution in [2.75, 3.05) is 5.32 Å². The molecule has 3 amide bonds. The summed E-state index contributed by atoms with van der Waals surface area (Å²) in [7, 11) is 0. The maximum Gasteiger partial charge on any atom is 0.326 e. The number of hydrogen-bond donors (Lipinski definition) is 4. The third-order valence-corrected chi connectivity index (χ3v) is 2.78. The van der Waals surface area contributed by atoms with Crippen LogP contribution in [0.5, 0.6) is 0 Å². The van der Waals surface area contributed by atoms with Crippen molar-refractivity contribution in [3.05, 3.63) is 28.8 Å². The van der Waals surface area contributed by atoms with Gasteiger partial charge in [0, 0.05) is 0 Å². The molecule has 7 nitrogen and oxygen atoms in total. The van der Waals surface area contributed by atoms with Crippen LogP contribution in [0.3, 0.4) is 0 Å². The van der Waals surface area contributed by atoms with E-state index in [1.54, 1.807) is 25.1 Å². The predicted octanol–water partition coefficient (Wildman–Crippen LogP) is 1.10. The van der Waals surface area contributed by atoms with Crippen molar-refractivity contribution in [2.24, 2.45) is 5.73 Å². The quantitative estimate of drug-likeness (QED) is 0.650. The number of urea groups is 1. The molecule has 0 spiro atoms. The zero-order valence-corrected chi connectivity index (χ0v) is 11.4. The van der Waals surface area contributed by atoms with Gasteiger partial charge < -0.3 is 21.5 Å². The Labute approximate surface area is 120 Å². The van der Waals surface area contributed by atoms with Crippen molar-refractivity contribution >= 4 is 35.2 Å². The molecule has 1 aromatic rings. The normalized spacial score (nSPS) is 11.5. The molecule has 0 bridgehead atoms. The number of amides is 3. The van der Waals surface area contributed by atoms with E-state index in [0.717, 1.165) is 5.56 Å². The van der Waals surface area contributed by atoms with Crippen LogP contribution < -0.4 is 16.4 Å². The zero-order valence-electron chi connectivity index (χ0n) is 10.6. The molecule has 0 saturated heterocycles. The van der Waals surface area contributed by atoms with E-state index in [9.17, 15) is 14.4 Å². The molecule has 1 rings (SSSR count). The average Bonchev–Trinajstić information content (AvgIpc) is 2.32. The van der Waals surface area contributed by atoms with Gasteiger partial charge in [-0.25, -0.2) is 9.59 Å². The van der Waals surface area contributed by atoms with Gasteiger partial charge in [-0.1, -0.05) is 23.7 Å². The van der Waals surface area contributed by atoms with Gasteiger partial charge in [0.1, 0.15) is 6.04 Å². The Morgan fingerprint density at radius 2 is 2.05 bits per heavy atom. The van der Waals surface area contributed by atoms with Gasteiger partial charge in [0.2, 0.25) is 5.91 Å². The minimum absolute atomic E-state index is 0.321. The summed E-state index contributed by atoms with van der Waals surface area (Å²) >= 11 is 5.92. The van der Waals surface area contributed by atoms with Gasteiger partial charge in [-0.15, -0.1) is 0 Å². The summed E-state index contributed by atoms with van der Waals surface area (Å²) in [6.45, 7) is 1.74. The lowest BCUT2D eigenvalue weighted by molar-refractivity contribution is -0.140. The summed E-state index contributed by atoms with van der Waals surface area (Å²) in [5.41, 5.74) is 6.00. The number of benzene rings is 1. The number of halogens is 1. The van der Waals surface area contributed by atoms with E-state index in [4.69, 9.17) is 22.4 Å². The van der Waals surface area contributed by atoms with Crippen molar-refractivity contribution in [3.63, 3.8) is 0 Å². The topological polar surface area (TPSA) is 122 Å². The maximum atomic E-state index is 11.7. The summed E-state index contributed by atoms with van der Waals surface area (Å²) in [5, 5.41) is 13.8. The molecule has 0 heterocycles. The predicted molar refractivity (Wildman–Crippen MR) is 73.6 cm³/mol. The molecule has 0 aliphatic rings. The van der Waals surface area contributed by atoms with Gasteiger partial charge in [0.15, 0.2) is 0 Å². The Balaban J connectivity index is 2.76. The highest BCUT2D eigenvalue weighted by molar-refractivity contribution is 6.33. The molecule has 0 aromatic heterocycles. The number of nitrogens with two attached hydrogens (primary N) is 1. The lowest BCUT2D eigenvalue weighted by Gasteiger charge is -2.15. The number of carbonyl (C=O) groups is 3. The highest BCUT2D eigenvalue weighted by Crippen LogP contribution is 2.24. The third-order valence-electron chi connectivity index (χ3n) is 2.47. The Kier molecular flexibility index (Phi) is 5.33. The van der Waals surface area contributed by atoms with Gasteiger partial charge in [-0.2, -0.15) is 0 Å². The molecule has 0 aliphatic carbocycles. The smallest absolute Gasteiger partial charge is 0.326 e. The van der Waals surface area contributed by atoms with Crippen LogP contribution in [0, 0.1) is 6.92 Å². The Morgan fingerprint density at radius 1 is 1.40 bits per heavy atom. The number of rotatable bonds is 5. The van der Waals surface area contributed by atoms with Crippen molar-refractivity contribution < 1.29 is 19.5 Å². The molecule has 8 heteroatoms. The van der Waals surface area contributed by atoms with Gasteiger partial charge in [0.25, 0.3) is 0 Å². The number of carboxylic acids is 1. The van der Waals surface area contributed by atoms with Crippen LogP contribution in [0.1, 0.15) is 12.0 Å². The lowest BCUT2D eigenvalue weighted by atomic mass is 10.2. The number of hydrogen-bond acceptors (Lipinski definition) is 3. The fraction of sp³-hybridized carbons (Fsp3) is 0.250. The van der Waals surface area contributed by atoms with Gasteiger partial charge in [0.05, 0.1) is 17.1 Å². The third kappa shape index (κ3) is 4.43. The Morgan fingerprint density at radius 3 is 2.55 bits per heavy atom. The first-order valence-electron chi connectivity index (χ1n) is 5.65. The van der Waals surface area contributed by atoms with Crippen molar-refractivity contribution in [1.29, 1.82) is 0 Å². The van der Waals surface area contributed by atoms with Crippen molar-refractivity contribution in [2.45, 2.75) is 19.4 Å². The first-order valence-corrected chi connectivity index (χ1v) is 6.02. The minimum atomic E-state index is -1.39. The molecular formula is C12H14ClN3O4. The summed E-state index contributed by atoms with van der Waals surface area (Å²) in [6.07, 6.45) is -0.496. The van der Waals surface area contributed by atoms with Crippen molar-refractivity contribution in [1.82, 2.24) is 5.32 Å². The number of primary amides is 1. The number of aryl methyl sites for hydroxylation is 1. The van der Waals surface area contributed by atoms with E-state index >= 15 is 0 Å². The molecule has 5 N–H and O–H groups in total. The molecule has 108 valence electrons. The van der Waals surface area contributed by atoms with Crippen LogP contribution in [-0.2, 0) is 9.59 Å². The molecular weight excluding hydrogens is 286 g/mol. The molecule has 0 aliphatic heterocycles.